The molecule has 6 nitrogen and oxygen atoms in total. The molecule has 0 spiro atoms. The van der Waals surface area contributed by atoms with Crippen LogP contribution >= 0.6 is 0 Å². The zero-order valence-electron chi connectivity index (χ0n) is 13.1. The molecule has 2 aromatic rings. The van der Waals surface area contributed by atoms with Gasteiger partial charge in [0.2, 0.25) is 0 Å². The highest BCUT2D eigenvalue weighted by Gasteiger charge is 2.26. The lowest BCUT2D eigenvalue weighted by molar-refractivity contribution is 0.108. The van der Waals surface area contributed by atoms with Crippen LogP contribution in [0.5, 0.6) is 0 Å². The molecule has 21 heavy (non-hydrogen) atoms. The SMILES string of the molecule is COC1CCC(Nc2ncnc3c2cnn3C(C)(C)C)C1. The molecule has 1 saturated carbocycles. The fourth-order valence-electron chi connectivity index (χ4n) is 2.93. The maximum Gasteiger partial charge on any atom is 0.163 e. The second-order valence-electron chi connectivity index (χ2n) is 6.70. The van der Waals surface area contributed by atoms with Gasteiger partial charge in [-0.25, -0.2) is 14.6 Å². The Hall–Kier alpha value is -1.69. The number of nitrogens with zero attached hydrogens (tertiary/aromatic N) is 4. The van der Waals surface area contributed by atoms with Crippen LogP contribution in [0.15, 0.2) is 12.5 Å². The number of hydrogen-bond donors (Lipinski definition) is 1. The molecule has 2 atom stereocenters. The number of methoxy groups -OCH3 is 1. The van der Waals surface area contributed by atoms with Gasteiger partial charge >= 0.3 is 0 Å². The minimum atomic E-state index is -0.0954. The summed E-state index contributed by atoms with van der Waals surface area (Å²) in [5.41, 5.74) is 0.781. The van der Waals surface area contributed by atoms with Crippen molar-refractivity contribution in [1.82, 2.24) is 19.7 Å². The minimum absolute atomic E-state index is 0.0954. The van der Waals surface area contributed by atoms with Crippen molar-refractivity contribution in [2.24, 2.45) is 0 Å². The Morgan fingerprint density at radius 2 is 2.10 bits per heavy atom. The molecule has 0 bridgehead atoms. The lowest BCUT2D eigenvalue weighted by Crippen LogP contribution is -2.23. The highest BCUT2D eigenvalue weighted by Crippen LogP contribution is 2.28. The molecular weight excluding hydrogens is 266 g/mol. The first kappa shape index (κ1) is 14.3. The topological polar surface area (TPSA) is 64.9 Å². The van der Waals surface area contributed by atoms with E-state index in [0.717, 1.165) is 36.1 Å². The third-order valence-corrected chi connectivity index (χ3v) is 4.06. The second-order valence-corrected chi connectivity index (χ2v) is 6.70. The van der Waals surface area contributed by atoms with E-state index in [2.05, 4.69) is 41.2 Å². The van der Waals surface area contributed by atoms with Crippen molar-refractivity contribution in [1.29, 1.82) is 0 Å². The van der Waals surface area contributed by atoms with Gasteiger partial charge in [0, 0.05) is 13.2 Å². The van der Waals surface area contributed by atoms with E-state index >= 15 is 0 Å². The zero-order valence-corrected chi connectivity index (χ0v) is 13.1. The van der Waals surface area contributed by atoms with Crippen molar-refractivity contribution >= 4 is 16.9 Å². The van der Waals surface area contributed by atoms with Crippen LogP contribution in [0, 0.1) is 0 Å². The van der Waals surface area contributed by atoms with Crippen LogP contribution in [-0.2, 0) is 10.3 Å². The highest BCUT2D eigenvalue weighted by atomic mass is 16.5. The van der Waals surface area contributed by atoms with E-state index in [1.54, 1.807) is 13.4 Å². The largest absolute Gasteiger partial charge is 0.381 e. The normalized spacial score (nSPS) is 22.9. The summed E-state index contributed by atoms with van der Waals surface area (Å²) in [7, 11) is 1.78. The average molecular weight is 289 g/mol. The summed E-state index contributed by atoms with van der Waals surface area (Å²) in [5, 5.41) is 8.99. The molecule has 1 N–H and O–H groups in total. The van der Waals surface area contributed by atoms with Crippen LogP contribution in [0.1, 0.15) is 40.0 Å². The van der Waals surface area contributed by atoms with Gasteiger partial charge in [-0.2, -0.15) is 5.10 Å². The van der Waals surface area contributed by atoms with E-state index in [4.69, 9.17) is 4.74 Å². The molecule has 0 aromatic carbocycles. The van der Waals surface area contributed by atoms with Crippen LogP contribution in [0.2, 0.25) is 0 Å². The maximum absolute atomic E-state index is 5.43. The number of fused-ring (bicyclic) bond motifs is 1. The lowest BCUT2D eigenvalue weighted by atomic mass is 10.1. The van der Waals surface area contributed by atoms with Gasteiger partial charge in [-0.3, -0.25) is 0 Å². The van der Waals surface area contributed by atoms with Crippen molar-refractivity contribution < 1.29 is 4.74 Å². The minimum Gasteiger partial charge on any atom is -0.381 e. The lowest BCUT2D eigenvalue weighted by Gasteiger charge is -2.20. The highest BCUT2D eigenvalue weighted by molar-refractivity contribution is 5.86. The molecule has 0 amide bonds. The van der Waals surface area contributed by atoms with E-state index in [1.807, 2.05) is 10.9 Å². The maximum atomic E-state index is 5.43. The predicted octanol–water partition coefficient (Wildman–Crippen LogP) is 2.56. The molecule has 2 heterocycles. The Kier molecular flexibility index (Phi) is 3.57. The third kappa shape index (κ3) is 2.72. The summed E-state index contributed by atoms with van der Waals surface area (Å²) in [5.74, 6) is 0.872. The summed E-state index contributed by atoms with van der Waals surface area (Å²) in [6.45, 7) is 6.36. The predicted molar refractivity (Wildman–Crippen MR) is 82.4 cm³/mol. The van der Waals surface area contributed by atoms with Gasteiger partial charge in [-0.05, 0) is 40.0 Å². The van der Waals surface area contributed by atoms with E-state index < -0.39 is 0 Å². The van der Waals surface area contributed by atoms with Gasteiger partial charge in [-0.15, -0.1) is 0 Å². The van der Waals surface area contributed by atoms with E-state index in [1.165, 1.54) is 0 Å². The van der Waals surface area contributed by atoms with Crippen LogP contribution in [0.3, 0.4) is 0 Å². The van der Waals surface area contributed by atoms with Gasteiger partial charge in [0.15, 0.2) is 5.65 Å². The monoisotopic (exact) mass is 289 g/mol. The van der Waals surface area contributed by atoms with Crippen LogP contribution < -0.4 is 5.32 Å². The molecule has 0 radical (unpaired) electrons. The van der Waals surface area contributed by atoms with E-state index in [-0.39, 0.29) is 5.54 Å². The van der Waals surface area contributed by atoms with E-state index in [0.29, 0.717) is 12.1 Å². The van der Waals surface area contributed by atoms with Crippen molar-refractivity contribution in [3.63, 3.8) is 0 Å². The Bertz CT molecular complexity index is 631. The quantitative estimate of drug-likeness (QED) is 0.940. The first-order chi connectivity index (χ1) is 9.99. The molecule has 1 aliphatic rings. The van der Waals surface area contributed by atoms with Gasteiger partial charge in [-0.1, -0.05) is 0 Å². The molecule has 0 aliphatic heterocycles. The van der Waals surface area contributed by atoms with Gasteiger partial charge < -0.3 is 10.1 Å². The first-order valence-electron chi connectivity index (χ1n) is 7.47. The zero-order chi connectivity index (χ0) is 15.0. The fourth-order valence-corrected chi connectivity index (χ4v) is 2.93. The summed E-state index contributed by atoms with van der Waals surface area (Å²) < 4.78 is 7.37. The molecule has 1 aliphatic carbocycles. The summed E-state index contributed by atoms with van der Waals surface area (Å²) in [6, 6.07) is 0.408. The number of hydrogen-bond acceptors (Lipinski definition) is 5. The van der Waals surface area contributed by atoms with Crippen LogP contribution in [0.25, 0.3) is 11.0 Å². The molecule has 1 fully saturated rings. The van der Waals surface area contributed by atoms with Crippen molar-refractivity contribution in [2.45, 2.75) is 57.7 Å². The average Bonchev–Trinajstić information content (AvgIpc) is 3.04. The van der Waals surface area contributed by atoms with Crippen LogP contribution in [0.4, 0.5) is 5.82 Å². The smallest absolute Gasteiger partial charge is 0.163 e. The van der Waals surface area contributed by atoms with Crippen molar-refractivity contribution in [2.75, 3.05) is 12.4 Å². The summed E-state index contributed by atoms with van der Waals surface area (Å²) in [4.78, 5) is 8.80. The second kappa shape index (κ2) is 5.26. The van der Waals surface area contributed by atoms with E-state index in [9.17, 15) is 0 Å². The third-order valence-electron chi connectivity index (χ3n) is 4.06. The number of aromatic nitrogens is 4. The van der Waals surface area contributed by atoms with Crippen LogP contribution in [-0.4, -0.2) is 39.0 Å². The molecule has 2 aromatic heterocycles. The molecule has 3 rings (SSSR count). The number of anilines is 1. The Morgan fingerprint density at radius 3 is 2.76 bits per heavy atom. The Balaban J connectivity index is 1.88. The Morgan fingerprint density at radius 1 is 1.29 bits per heavy atom. The Labute approximate surface area is 124 Å². The molecule has 0 saturated heterocycles. The number of ether oxygens (including phenoxy) is 1. The fraction of sp³-hybridized carbons (Fsp3) is 0.667. The van der Waals surface area contributed by atoms with Crippen molar-refractivity contribution in [3.05, 3.63) is 12.5 Å². The molecule has 2 unspecified atom stereocenters. The first-order valence-corrected chi connectivity index (χ1v) is 7.47. The van der Waals surface area contributed by atoms with Crippen molar-refractivity contribution in [3.8, 4) is 0 Å². The number of nitrogens with one attached hydrogen (secondary N) is 1. The standard InChI is InChI=1S/C15H23N5O/c1-15(2,3)20-14-12(8-18-20)13(16-9-17-14)19-10-5-6-11(7-10)21-4/h8-11H,5-7H2,1-4H3,(H,16,17,19). The summed E-state index contributed by atoms with van der Waals surface area (Å²) >= 11 is 0. The van der Waals surface area contributed by atoms with Gasteiger partial charge in [0.05, 0.1) is 23.2 Å². The molecular formula is C15H23N5O. The molecule has 6 heteroatoms. The van der Waals surface area contributed by atoms with Gasteiger partial charge in [0.1, 0.15) is 12.1 Å². The molecule has 114 valence electrons. The van der Waals surface area contributed by atoms with Gasteiger partial charge in [0.25, 0.3) is 0 Å². The summed E-state index contributed by atoms with van der Waals surface area (Å²) in [6.07, 6.45) is 7.05. The number of rotatable bonds is 3.